The summed E-state index contributed by atoms with van der Waals surface area (Å²) >= 11 is 0. The number of carbonyl (C=O) groups is 2. The molecule has 6 heteroatoms. The molecule has 3 aromatic heterocycles. The number of hydrogen-bond acceptors (Lipinski definition) is 4. The molecule has 4 rings (SSSR count). The standard InChI is InChI=1S/C20H17N3O3/c1-2-13-6-5-7-14-15(10-21-19(13)14)17(24)12-26-20(25)16-11-23-9-4-3-8-18(23)22-16/h3-11,21H,2,12H2,1H3. The molecule has 26 heavy (non-hydrogen) atoms. The molecule has 0 amide bonds. The third-order valence-corrected chi connectivity index (χ3v) is 4.39. The molecule has 0 bridgehead atoms. The fraction of sp³-hybridized carbons (Fsp3) is 0.150. The van der Waals surface area contributed by atoms with Crippen LogP contribution in [0.4, 0.5) is 0 Å². The van der Waals surface area contributed by atoms with Crippen molar-refractivity contribution < 1.29 is 14.3 Å². The molecule has 0 aliphatic heterocycles. The van der Waals surface area contributed by atoms with Crippen LogP contribution in [-0.2, 0) is 11.2 Å². The maximum absolute atomic E-state index is 12.5. The number of fused-ring (bicyclic) bond motifs is 2. The second-order valence-corrected chi connectivity index (χ2v) is 5.99. The monoisotopic (exact) mass is 347 g/mol. The number of imidazole rings is 1. The number of aryl methyl sites for hydroxylation is 1. The highest BCUT2D eigenvalue weighted by molar-refractivity contribution is 6.09. The molecule has 0 aliphatic rings. The minimum atomic E-state index is -0.615. The van der Waals surface area contributed by atoms with E-state index in [0.29, 0.717) is 11.2 Å². The number of carbonyl (C=O) groups excluding carboxylic acids is 2. The molecule has 0 saturated heterocycles. The van der Waals surface area contributed by atoms with E-state index < -0.39 is 5.97 Å². The lowest BCUT2D eigenvalue weighted by atomic mass is 10.1. The molecule has 4 aromatic rings. The minimum Gasteiger partial charge on any atom is -0.453 e. The lowest BCUT2D eigenvalue weighted by Crippen LogP contribution is -2.14. The Morgan fingerprint density at radius 2 is 2.08 bits per heavy atom. The van der Waals surface area contributed by atoms with Crippen molar-refractivity contribution >= 4 is 28.3 Å². The molecule has 1 aromatic carbocycles. The van der Waals surface area contributed by atoms with E-state index in [1.807, 2.05) is 30.3 Å². The summed E-state index contributed by atoms with van der Waals surface area (Å²) < 4.78 is 6.90. The van der Waals surface area contributed by atoms with Gasteiger partial charge in [-0.05, 0) is 24.1 Å². The minimum absolute atomic E-state index is 0.177. The number of nitrogens with one attached hydrogen (secondary N) is 1. The zero-order valence-corrected chi connectivity index (χ0v) is 14.2. The van der Waals surface area contributed by atoms with Crippen molar-refractivity contribution in [2.24, 2.45) is 0 Å². The molecule has 6 nitrogen and oxygen atoms in total. The van der Waals surface area contributed by atoms with Gasteiger partial charge in [0.15, 0.2) is 12.3 Å². The van der Waals surface area contributed by atoms with Gasteiger partial charge in [0.25, 0.3) is 0 Å². The van der Waals surface area contributed by atoms with E-state index in [-0.39, 0.29) is 18.1 Å². The van der Waals surface area contributed by atoms with Crippen LogP contribution < -0.4 is 0 Å². The number of para-hydroxylation sites is 1. The lowest BCUT2D eigenvalue weighted by molar-refractivity contribution is 0.0470. The van der Waals surface area contributed by atoms with E-state index in [1.165, 1.54) is 0 Å². The van der Waals surface area contributed by atoms with Crippen LogP contribution in [-0.4, -0.2) is 32.7 Å². The molecular formula is C20H17N3O3. The number of pyridine rings is 1. The average Bonchev–Trinajstić information content (AvgIpc) is 3.29. The molecule has 0 aliphatic carbocycles. The summed E-state index contributed by atoms with van der Waals surface area (Å²) in [7, 11) is 0. The Morgan fingerprint density at radius 1 is 1.19 bits per heavy atom. The van der Waals surface area contributed by atoms with Gasteiger partial charge in [0.1, 0.15) is 5.65 Å². The fourth-order valence-corrected chi connectivity index (χ4v) is 3.06. The van der Waals surface area contributed by atoms with Crippen LogP contribution >= 0.6 is 0 Å². The highest BCUT2D eigenvalue weighted by Gasteiger charge is 2.17. The Hall–Kier alpha value is -3.41. The Balaban J connectivity index is 1.51. The number of rotatable bonds is 5. The van der Waals surface area contributed by atoms with E-state index in [4.69, 9.17) is 4.74 Å². The van der Waals surface area contributed by atoms with Crippen molar-refractivity contribution in [3.63, 3.8) is 0 Å². The van der Waals surface area contributed by atoms with Gasteiger partial charge in [-0.25, -0.2) is 9.78 Å². The molecule has 0 radical (unpaired) electrons. The Bertz CT molecular complexity index is 1090. The number of nitrogens with zero attached hydrogens (tertiary/aromatic N) is 2. The quantitative estimate of drug-likeness (QED) is 0.443. The average molecular weight is 347 g/mol. The van der Waals surface area contributed by atoms with Gasteiger partial charge in [0.05, 0.1) is 0 Å². The second kappa shape index (κ2) is 6.48. The number of ether oxygens (including phenoxy) is 1. The smallest absolute Gasteiger partial charge is 0.359 e. The molecule has 0 spiro atoms. The number of H-pyrrole nitrogens is 1. The van der Waals surface area contributed by atoms with Gasteiger partial charge in [-0.15, -0.1) is 0 Å². The maximum atomic E-state index is 12.5. The van der Waals surface area contributed by atoms with Crippen LogP contribution in [0.1, 0.15) is 33.3 Å². The van der Waals surface area contributed by atoms with Gasteiger partial charge in [-0.3, -0.25) is 4.79 Å². The first-order valence-electron chi connectivity index (χ1n) is 8.40. The first-order valence-corrected chi connectivity index (χ1v) is 8.40. The Morgan fingerprint density at radius 3 is 2.88 bits per heavy atom. The summed E-state index contributed by atoms with van der Waals surface area (Å²) in [6.45, 7) is 1.74. The zero-order chi connectivity index (χ0) is 18.1. The SMILES string of the molecule is CCc1cccc2c(C(=O)COC(=O)c3cn4ccccc4n3)c[nH]c12. The Kier molecular flexibility index (Phi) is 4.01. The molecular weight excluding hydrogens is 330 g/mol. The predicted molar refractivity (Wildman–Crippen MR) is 97.5 cm³/mol. The van der Waals surface area contributed by atoms with Gasteiger partial charge in [-0.2, -0.15) is 0 Å². The predicted octanol–water partition coefficient (Wildman–Crippen LogP) is 3.42. The summed E-state index contributed by atoms with van der Waals surface area (Å²) in [5.74, 6) is -0.863. The number of Topliss-reactive ketones (excluding diaryl/α,β-unsaturated/α-hetero) is 1. The molecule has 0 saturated carbocycles. The van der Waals surface area contributed by atoms with Crippen molar-refractivity contribution in [2.75, 3.05) is 6.61 Å². The van der Waals surface area contributed by atoms with E-state index in [2.05, 4.69) is 16.9 Å². The third-order valence-electron chi connectivity index (χ3n) is 4.39. The summed E-state index contributed by atoms with van der Waals surface area (Å²) in [6, 6.07) is 11.3. The summed E-state index contributed by atoms with van der Waals surface area (Å²) in [6.07, 6.45) is 5.92. The number of aromatic nitrogens is 3. The van der Waals surface area contributed by atoms with E-state index in [0.717, 1.165) is 22.9 Å². The number of benzene rings is 1. The number of ketones is 1. The van der Waals surface area contributed by atoms with Crippen molar-refractivity contribution in [3.05, 3.63) is 71.8 Å². The van der Waals surface area contributed by atoms with Gasteiger partial charge in [0, 0.05) is 35.1 Å². The van der Waals surface area contributed by atoms with Crippen LogP contribution in [0.15, 0.2) is 55.0 Å². The van der Waals surface area contributed by atoms with Gasteiger partial charge in [0.2, 0.25) is 5.78 Å². The molecule has 0 fully saturated rings. The highest BCUT2D eigenvalue weighted by Crippen LogP contribution is 2.22. The molecule has 0 unspecified atom stereocenters. The number of aromatic amines is 1. The summed E-state index contributed by atoms with van der Waals surface area (Å²) in [4.78, 5) is 32.0. The van der Waals surface area contributed by atoms with Gasteiger partial charge < -0.3 is 14.1 Å². The molecule has 1 N–H and O–H groups in total. The first kappa shape index (κ1) is 16.1. The van der Waals surface area contributed by atoms with Crippen LogP contribution in [0.3, 0.4) is 0 Å². The van der Waals surface area contributed by atoms with E-state index >= 15 is 0 Å². The normalized spacial score (nSPS) is 11.1. The van der Waals surface area contributed by atoms with Gasteiger partial charge >= 0.3 is 5.97 Å². The number of esters is 1. The van der Waals surface area contributed by atoms with Crippen molar-refractivity contribution in [2.45, 2.75) is 13.3 Å². The van der Waals surface area contributed by atoms with Crippen molar-refractivity contribution in [1.29, 1.82) is 0 Å². The largest absolute Gasteiger partial charge is 0.453 e. The summed E-state index contributed by atoms with van der Waals surface area (Å²) in [5, 5.41) is 0.845. The maximum Gasteiger partial charge on any atom is 0.359 e. The molecule has 130 valence electrons. The number of hydrogen-bond donors (Lipinski definition) is 1. The third kappa shape index (κ3) is 2.75. The zero-order valence-electron chi connectivity index (χ0n) is 14.2. The van der Waals surface area contributed by atoms with Gasteiger partial charge in [-0.1, -0.05) is 31.2 Å². The molecule has 0 atom stereocenters. The fourth-order valence-electron chi connectivity index (χ4n) is 3.06. The topological polar surface area (TPSA) is 76.5 Å². The first-order chi connectivity index (χ1) is 12.7. The van der Waals surface area contributed by atoms with Crippen molar-refractivity contribution in [1.82, 2.24) is 14.4 Å². The second-order valence-electron chi connectivity index (χ2n) is 5.99. The van der Waals surface area contributed by atoms with Crippen LogP contribution in [0.25, 0.3) is 16.6 Å². The van der Waals surface area contributed by atoms with Crippen LogP contribution in [0.2, 0.25) is 0 Å². The van der Waals surface area contributed by atoms with Crippen molar-refractivity contribution in [3.8, 4) is 0 Å². The highest BCUT2D eigenvalue weighted by atomic mass is 16.5. The molecule has 3 heterocycles. The van der Waals surface area contributed by atoms with E-state index in [9.17, 15) is 9.59 Å². The van der Waals surface area contributed by atoms with E-state index in [1.54, 1.807) is 29.1 Å². The van der Waals surface area contributed by atoms with Crippen LogP contribution in [0, 0.1) is 0 Å². The lowest BCUT2D eigenvalue weighted by Gasteiger charge is -2.03. The summed E-state index contributed by atoms with van der Waals surface area (Å²) in [5.41, 5.74) is 3.44. The van der Waals surface area contributed by atoms with Crippen LogP contribution in [0.5, 0.6) is 0 Å². The Labute approximate surface area is 149 Å².